The van der Waals surface area contributed by atoms with Gasteiger partial charge in [0, 0.05) is 36.1 Å². The van der Waals surface area contributed by atoms with Crippen LogP contribution in [0.1, 0.15) is 29.8 Å². The molecule has 1 amide bonds. The predicted molar refractivity (Wildman–Crippen MR) is 78.8 cm³/mol. The van der Waals surface area contributed by atoms with E-state index in [0.717, 1.165) is 30.4 Å². The molecule has 1 aromatic heterocycles. The molecule has 1 aromatic carbocycles. The van der Waals surface area contributed by atoms with Gasteiger partial charge < -0.3 is 15.2 Å². The van der Waals surface area contributed by atoms with Crippen molar-refractivity contribution in [1.82, 2.24) is 15.2 Å². The van der Waals surface area contributed by atoms with Crippen LogP contribution in [0.3, 0.4) is 0 Å². The fourth-order valence-corrected chi connectivity index (χ4v) is 3.49. The number of H-pyrrole nitrogens is 1. The Morgan fingerprint density at radius 2 is 2.00 bits per heavy atom. The van der Waals surface area contributed by atoms with Crippen LogP contribution < -0.4 is 5.32 Å². The van der Waals surface area contributed by atoms with Crippen LogP contribution in [-0.2, 0) is 0 Å². The van der Waals surface area contributed by atoms with E-state index in [1.807, 2.05) is 35.2 Å². The van der Waals surface area contributed by atoms with Crippen molar-refractivity contribution in [1.29, 1.82) is 0 Å². The number of hydrogen-bond acceptors (Lipinski definition) is 2. The number of para-hydroxylation sites is 1. The molecule has 2 N–H and O–H groups in total. The number of fused-ring (bicyclic) bond motifs is 3. The number of amides is 1. The van der Waals surface area contributed by atoms with Crippen molar-refractivity contribution < 1.29 is 4.79 Å². The van der Waals surface area contributed by atoms with Crippen LogP contribution in [0.5, 0.6) is 0 Å². The SMILES string of the molecule is O=C(c1cc2ccccc2[nH]1)N1CCC2CCC(C1)N2. The Labute approximate surface area is 118 Å². The topological polar surface area (TPSA) is 48.1 Å². The Bertz CT molecular complexity index is 615. The van der Waals surface area contributed by atoms with Crippen molar-refractivity contribution in [3.63, 3.8) is 0 Å². The zero-order valence-electron chi connectivity index (χ0n) is 11.4. The summed E-state index contributed by atoms with van der Waals surface area (Å²) in [6, 6.07) is 11.1. The first-order valence-electron chi connectivity index (χ1n) is 7.43. The highest BCUT2D eigenvalue weighted by Gasteiger charge is 2.31. The number of carbonyl (C=O) groups is 1. The van der Waals surface area contributed by atoms with Crippen LogP contribution in [-0.4, -0.2) is 41.0 Å². The second kappa shape index (κ2) is 4.63. The summed E-state index contributed by atoms with van der Waals surface area (Å²) < 4.78 is 0. The van der Waals surface area contributed by atoms with Gasteiger partial charge in [0.1, 0.15) is 5.69 Å². The Kier molecular flexibility index (Phi) is 2.77. The fourth-order valence-electron chi connectivity index (χ4n) is 3.49. The Hall–Kier alpha value is -1.81. The first-order chi connectivity index (χ1) is 9.79. The van der Waals surface area contributed by atoms with Gasteiger partial charge in [0.2, 0.25) is 0 Å². The second-order valence-electron chi connectivity index (χ2n) is 5.95. The molecule has 3 heterocycles. The maximum atomic E-state index is 12.7. The Morgan fingerprint density at radius 3 is 2.90 bits per heavy atom. The normalized spacial score (nSPS) is 25.9. The summed E-state index contributed by atoms with van der Waals surface area (Å²) in [4.78, 5) is 17.9. The number of carbonyl (C=O) groups excluding carboxylic acids is 1. The summed E-state index contributed by atoms with van der Waals surface area (Å²) in [7, 11) is 0. The lowest BCUT2D eigenvalue weighted by atomic mass is 10.1. The highest BCUT2D eigenvalue weighted by Crippen LogP contribution is 2.22. The van der Waals surface area contributed by atoms with Crippen molar-refractivity contribution in [3.05, 3.63) is 36.0 Å². The molecule has 2 aromatic rings. The minimum absolute atomic E-state index is 0.135. The Balaban J connectivity index is 1.59. The van der Waals surface area contributed by atoms with Crippen molar-refractivity contribution in [2.45, 2.75) is 31.3 Å². The standard InChI is InChI=1S/C16H19N3O/c20-16(15-9-11-3-1-2-4-14(11)18-15)19-8-7-12-5-6-13(10-19)17-12/h1-4,9,12-13,17-18H,5-8,10H2. The monoisotopic (exact) mass is 269 g/mol. The van der Waals surface area contributed by atoms with E-state index < -0.39 is 0 Å². The van der Waals surface area contributed by atoms with Crippen molar-refractivity contribution in [2.75, 3.05) is 13.1 Å². The van der Waals surface area contributed by atoms with Gasteiger partial charge >= 0.3 is 0 Å². The van der Waals surface area contributed by atoms with Crippen molar-refractivity contribution in [2.24, 2.45) is 0 Å². The van der Waals surface area contributed by atoms with Crippen molar-refractivity contribution >= 4 is 16.8 Å². The molecule has 2 unspecified atom stereocenters. The smallest absolute Gasteiger partial charge is 0.270 e. The van der Waals surface area contributed by atoms with E-state index in [9.17, 15) is 4.79 Å². The number of aromatic amines is 1. The third kappa shape index (κ3) is 2.00. The molecule has 4 rings (SSSR count). The van der Waals surface area contributed by atoms with Crippen LogP contribution in [0.2, 0.25) is 0 Å². The summed E-state index contributed by atoms with van der Waals surface area (Å²) >= 11 is 0. The van der Waals surface area contributed by atoms with Gasteiger partial charge in [-0.1, -0.05) is 18.2 Å². The van der Waals surface area contributed by atoms with Gasteiger partial charge in [0.25, 0.3) is 5.91 Å². The molecule has 0 aliphatic carbocycles. The van der Waals surface area contributed by atoms with Gasteiger partial charge in [-0.15, -0.1) is 0 Å². The van der Waals surface area contributed by atoms with E-state index in [1.165, 1.54) is 12.8 Å². The number of benzene rings is 1. The molecule has 2 atom stereocenters. The van der Waals surface area contributed by atoms with Gasteiger partial charge in [0.05, 0.1) is 0 Å². The van der Waals surface area contributed by atoms with Gasteiger partial charge in [0.15, 0.2) is 0 Å². The number of nitrogens with one attached hydrogen (secondary N) is 2. The maximum absolute atomic E-state index is 12.7. The number of hydrogen-bond donors (Lipinski definition) is 2. The predicted octanol–water partition coefficient (Wildman–Crippen LogP) is 2.13. The van der Waals surface area contributed by atoms with Gasteiger partial charge in [-0.3, -0.25) is 4.79 Å². The molecule has 0 radical (unpaired) electrons. The van der Waals surface area contributed by atoms with Gasteiger partial charge in [-0.05, 0) is 31.4 Å². The molecular weight excluding hydrogens is 250 g/mol. The van der Waals surface area contributed by atoms with Crippen LogP contribution in [0.4, 0.5) is 0 Å². The summed E-state index contributed by atoms with van der Waals surface area (Å²) in [6.45, 7) is 1.70. The quantitative estimate of drug-likeness (QED) is 0.833. The molecule has 2 fully saturated rings. The molecule has 0 spiro atoms. The van der Waals surface area contributed by atoms with E-state index in [2.05, 4.69) is 10.3 Å². The van der Waals surface area contributed by atoms with E-state index in [4.69, 9.17) is 0 Å². The Morgan fingerprint density at radius 1 is 1.15 bits per heavy atom. The van der Waals surface area contributed by atoms with Crippen molar-refractivity contribution in [3.8, 4) is 0 Å². The molecule has 2 saturated heterocycles. The average molecular weight is 269 g/mol. The minimum Gasteiger partial charge on any atom is -0.351 e. The molecule has 0 saturated carbocycles. The van der Waals surface area contributed by atoms with E-state index in [-0.39, 0.29) is 5.91 Å². The third-order valence-corrected chi connectivity index (χ3v) is 4.57. The third-order valence-electron chi connectivity index (χ3n) is 4.57. The largest absolute Gasteiger partial charge is 0.351 e. The lowest BCUT2D eigenvalue weighted by Gasteiger charge is -2.23. The highest BCUT2D eigenvalue weighted by molar-refractivity contribution is 5.98. The summed E-state index contributed by atoms with van der Waals surface area (Å²) in [5, 5.41) is 4.71. The zero-order valence-corrected chi connectivity index (χ0v) is 11.4. The summed E-state index contributed by atoms with van der Waals surface area (Å²) in [6.07, 6.45) is 3.53. The molecule has 4 nitrogen and oxygen atoms in total. The van der Waals surface area contributed by atoms with E-state index >= 15 is 0 Å². The zero-order chi connectivity index (χ0) is 13.5. The average Bonchev–Trinajstić information content (AvgIpc) is 3.01. The number of aromatic nitrogens is 1. The van der Waals surface area contributed by atoms with Gasteiger partial charge in [-0.2, -0.15) is 0 Å². The summed E-state index contributed by atoms with van der Waals surface area (Å²) in [5.74, 6) is 0.135. The lowest BCUT2D eigenvalue weighted by molar-refractivity contribution is 0.0743. The first kappa shape index (κ1) is 12.0. The molecule has 2 bridgehead atoms. The molecule has 2 aliphatic heterocycles. The minimum atomic E-state index is 0.135. The molecular formula is C16H19N3O. The van der Waals surface area contributed by atoms with E-state index in [0.29, 0.717) is 17.8 Å². The van der Waals surface area contributed by atoms with Crippen LogP contribution in [0.25, 0.3) is 10.9 Å². The molecule has 4 heteroatoms. The van der Waals surface area contributed by atoms with E-state index in [1.54, 1.807) is 0 Å². The number of rotatable bonds is 1. The lowest BCUT2D eigenvalue weighted by Crippen LogP contribution is -2.39. The first-order valence-corrected chi connectivity index (χ1v) is 7.43. The van der Waals surface area contributed by atoms with Gasteiger partial charge in [-0.25, -0.2) is 0 Å². The number of nitrogens with zero attached hydrogens (tertiary/aromatic N) is 1. The molecule has 2 aliphatic rings. The highest BCUT2D eigenvalue weighted by atomic mass is 16.2. The maximum Gasteiger partial charge on any atom is 0.270 e. The summed E-state index contributed by atoms with van der Waals surface area (Å²) in [5.41, 5.74) is 1.74. The number of likely N-dealkylation sites (tertiary alicyclic amines) is 1. The van der Waals surface area contributed by atoms with Crippen LogP contribution >= 0.6 is 0 Å². The molecule has 104 valence electrons. The van der Waals surface area contributed by atoms with Crippen LogP contribution in [0.15, 0.2) is 30.3 Å². The van der Waals surface area contributed by atoms with Crippen LogP contribution in [0, 0.1) is 0 Å². The second-order valence-corrected chi connectivity index (χ2v) is 5.95. The molecule has 20 heavy (non-hydrogen) atoms. The fraction of sp³-hybridized carbons (Fsp3) is 0.438.